The second-order valence-electron chi connectivity index (χ2n) is 7.29. The van der Waals surface area contributed by atoms with Gasteiger partial charge in [-0.1, -0.05) is 39.7 Å². The van der Waals surface area contributed by atoms with Crippen molar-refractivity contribution in [1.82, 2.24) is 5.43 Å². The van der Waals surface area contributed by atoms with E-state index < -0.39 is 5.91 Å². The molecule has 0 unspecified atom stereocenters. The highest BCUT2D eigenvalue weighted by atomic mass is 127. The highest BCUT2D eigenvalue weighted by Gasteiger charge is 2.15. The molecule has 0 spiro atoms. The first kappa shape index (κ1) is 26.0. The number of furan rings is 1. The van der Waals surface area contributed by atoms with Crippen molar-refractivity contribution in [2.75, 3.05) is 6.61 Å². The van der Waals surface area contributed by atoms with Crippen LogP contribution in [0.5, 0.6) is 11.5 Å². The minimum atomic E-state index is -0.478. The van der Waals surface area contributed by atoms with Crippen LogP contribution in [0, 0.1) is 3.57 Å². The lowest BCUT2D eigenvalue weighted by molar-refractivity contribution is 0.0929. The molecule has 180 valence electrons. The number of nitrogens with one attached hydrogen (secondary N) is 1. The van der Waals surface area contributed by atoms with Crippen molar-refractivity contribution in [2.45, 2.75) is 13.5 Å². The van der Waals surface area contributed by atoms with Crippen molar-refractivity contribution in [1.29, 1.82) is 0 Å². The van der Waals surface area contributed by atoms with Crippen molar-refractivity contribution < 1.29 is 18.7 Å². The van der Waals surface area contributed by atoms with Crippen LogP contribution >= 0.6 is 66.1 Å². The number of benzene rings is 3. The Labute approximate surface area is 237 Å². The smallest absolute Gasteiger partial charge is 0.307 e. The van der Waals surface area contributed by atoms with Gasteiger partial charge in [0.25, 0.3) is 0 Å². The molecule has 4 aromatic rings. The van der Waals surface area contributed by atoms with E-state index in [4.69, 9.17) is 25.5 Å². The number of ether oxygens (including phenoxy) is 2. The zero-order valence-corrected chi connectivity index (χ0v) is 24.4. The van der Waals surface area contributed by atoms with E-state index >= 15 is 0 Å². The number of fused-ring (bicyclic) bond motifs is 1. The van der Waals surface area contributed by atoms with Gasteiger partial charge in [-0.2, -0.15) is 5.10 Å². The maximum absolute atomic E-state index is 12.5. The molecule has 1 aromatic heterocycles. The molecule has 4 rings (SSSR count). The third-order valence-electron chi connectivity index (χ3n) is 4.77. The van der Waals surface area contributed by atoms with Gasteiger partial charge in [0.05, 0.1) is 22.3 Å². The third-order valence-corrected chi connectivity index (χ3v) is 6.81. The average Bonchev–Trinajstić information content (AvgIpc) is 3.24. The largest absolute Gasteiger partial charge is 0.490 e. The summed E-state index contributed by atoms with van der Waals surface area (Å²) in [5.74, 6) is 0.607. The first-order valence-electron chi connectivity index (χ1n) is 10.4. The Kier molecular flexibility index (Phi) is 8.74. The molecule has 0 aliphatic heterocycles. The van der Waals surface area contributed by atoms with Gasteiger partial charge in [-0.15, -0.1) is 0 Å². The molecule has 0 aliphatic rings. The predicted octanol–water partition coefficient (Wildman–Crippen LogP) is 7.96. The number of amides is 1. The van der Waals surface area contributed by atoms with Crippen molar-refractivity contribution in [3.05, 3.63) is 89.0 Å². The van der Waals surface area contributed by atoms with Gasteiger partial charge in [-0.25, -0.2) is 5.43 Å². The highest BCUT2D eigenvalue weighted by Crippen LogP contribution is 2.37. The first-order valence-corrected chi connectivity index (χ1v) is 13.4. The van der Waals surface area contributed by atoms with E-state index in [0.29, 0.717) is 40.9 Å². The van der Waals surface area contributed by atoms with Crippen LogP contribution in [-0.4, -0.2) is 18.7 Å². The molecule has 0 bridgehead atoms. The lowest BCUT2D eigenvalue weighted by Crippen LogP contribution is -2.16. The molecule has 1 heterocycles. The Morgan fingerprint density at radius 3 is 2.66 bits per heavy atom. The summed E-state index contributed by atoms with van der Waals surface area (Å²) in [6.07, 6.45) is 1.48. The standard InChI is InChI=1S/C25H18Br2ClIN2O4/c1-2-33-21-8-15(7-20(28)24(21)34-13-14-3-5-18(29)6-4-14)12-30-31-25(32)22-10-16-9-17(26)11-19(27)23(16)35-22/h3-12H,2,13H2,1H3,(H,31,32)/b30-12-. The fourth-order valence-corrected chi connectivity index (χ4v) is 5.18. The number of rotatable bonds is 8. The van der Waals surface area contributed by atoms with E-state index in [2.05, 4.69) is 65.0 Å². The van der Waals surface area contributed by atoms with Crippen LogP contribution in [0.25, 0.3) is 11.0 Å². The first-order chi connectivity index (χ1) is 16.8. The van der Waals surface area contributed by atoms with Crippen LogP contribution in [0.1, 0.15) is 28.6 Å². The molecule has 6 nitrogen and oxygen atoms in total. The van der Waals surface area contributed by atoms with Gasteiger partial charge >= 0.3 is 5.91 Å². The van der Waals surface area contributed by atoms with Gasteiger partial charge in [-0.05, 0) is 99.0 Å². The van der Waals surface area contributed by atoms with Gasteiger partial charge in [0.1, 0.15) is 12.2 Å². The Morgan fingerprint density at radius 1 is 1.14 bits per heavy atom. The molecule has 0 aliphatic carbocycles. The number of carbonyl (C=O) groups is 1. The van der Waals surface area contributed by atoms with Gasteiger partial charge in [0.15, 0.2) is 17.3 Å². The molecule has 0 fully saturated rings. The highest BCUT2D eigenvalue weighted by molar-refractivity contribution is 14.1. The number of carbonyl (C=O) groups excluding carboxylic acids is 1. The fraction of sp³-hybridized carbons (Fsp3) is 0.120. The van der Waals surface area contributed by atoms with Gasteiger partial charge < -0.3 is 13.9 Å². The Balaban J connectivity index is 1.47. The van der Waals surface area contributed by atoms with E-state index in [9.17, 15) is 4.79 Å². The zero-order chi connectivity index (χ0) is 24.9. The Morgan fingerprint density at radius 2 is 1.91 bits per heavy atom. The monoisotopic (exact) mass is 730 g/mol. The molecule has 1 N–H and O–H groups in total. The topological polar surface area (TPSA) is 73.1 Å². The number of hydrazone groups is 1. The third kappa shape index (κ3) is 6.58. The zero-order valence-electron chi connectivity index (χ0n) is 18.3. The van der Waals surface area contributed by atoms with E-state index in [1.54, 1.807) is 18.2 Å². The molecule has 1 amide bonds. The maximum Gasteiger partial charge on any atom is 0.307 e. The van der Waals surface area contributed by atoms with E-state index in [1.807, 2.05) is 43.3 Å². The van der Waals surface area contributed by atoms with Crippen molar-refractivity contribution in [2.24, 2.45) is 5.10 Å². The summed E-state index contributed by atoms with van der Waals surface area (Å²) in [5, 5.41) is 5.20. The van der Waals surface area contributed by atoms with Gasteiger partial charge in [0.2, 0.25) is 0 Å². The van der Waals surface area contributed by atoms with Crippen LogP contribution in [0.3, 0.4) is 0 Å². The average molecular weight is 733 g/mol. The fourth-order valence-electron chi connectivity index (χ4n) is 3.21. The summed E-state index contributed by atoms with van der Waals surface area (Å²) in [7, 11) is 0. The second kappa shape index (κ2) is 11.8. The summed E-state index contributed by atoms with van der Waals surface area (Å²) in [5.41, 5.74) is 4.70. The lowest BCUT2D eigenvalue weighted by Gasteiger charge is -2.14. The Bertz CT molecular complexity index is 1410. The number of halogens is 4. The minimum Gasteiger partial charge on any atom is -0.490 e. The molecule has 0 radical (unpaired) electrons. The predicted molar refractivity (Wildman–Crippen MR) is 153 cm³/mol. The SMILES string of the molecule is CCOc1cc(/C=N\NC(=O)c2cc3cc(Br)cc(Br)c3o2)cc(Cl)c1OCc1ccc(I)cc1. The summed E-state index contributed by atoms with van der Waals surface area (Å²) in [6, 6.07) is 16.8. The lowest BCUT2D eigenvalue weighted by atomic mass is 10.2. The summed E-state index contributed by atoms with van der Waals surface area (Å²) in [6.45, 7) is 2.66. The van der Waals surface area contributed by atoms with E-state index in [-0.39, 0.29) is 5.76 Å². The van der Waals surface area contributed by atoms with Crippen LogP contribution < -0.4 is 14.9 Å². The summed E-state index contributed by atoms with van der Waals surface area (Å²) in [4.78, 5) is 12.5. The molecule has 10 heteroatoms. The minimum absolute atomic E-state index is 0.142. The normalized spacial score (nSPS) is 11.2. The second-order valence-corrected chi connectivity index (χ2v) is 10.7. The van der Waals surface area contributed by atoms with E-state index in [1.165, 1.54) is 6.21 Å². The van der Waals surface area contributed by atoms with Crippen LogP contribution in [-0.2, 0) is 6.61 Å². The quantitative estimate of drug-likeness (QED) is 0.113. The maximum atomic E-state index is 12.5. The molecule has 0 atom stereocenters. The van der Waals surface area contributed by atoms with Crippen LogP contribution in [0.2, 0.25) is 5.02 Å². The molecule has 0 saturated heterocycles. The number of hydrogen-bond donors (Lipinski definition) is 1. The number of hydrogen-bond acceptors (Lipinski definition) is 5. The molecular weight excluding hydrogens is 714 g/mol. The van der Waals surface area contributed by atoms with Crippen LogP contribution in [0.4, 0.5) is 0 Å². The van der Waals surface area contributed by atoms with Crippen molar-refractivity contribution in [3.8, 4) is 11.5 Å². The van der Waals surface area contributed by atoms with Gasteiger partial charge in [0, 0.05) is 13.4 Å². The molecular formula is C25H18Br2ClIN2O4. The van der Waals surface area contributed by atoms with Gasteiger partial charge in [-0.3, -0.25) is 4.79 Å². The Hall–Kier alpha value is -2.08. The van der Waals surface area contributed by atoms with Crippen LogP contribution in [0.15, 0.2) is 73.1 Å². The summed E-state index contributed by atoms with van der Waals surface area (Å²) < 4.78 is 20.1. The molecule has 3 aromatic carbocycles. The molecule has 0 saturated carbocycles. The summed E-state index contributed by atoms with van der Waals surface area (Å²) >= 11 is 15.6. The number of nitrogens with zero attached hydrogens (tertiary/aromatic N) is 1. The van der Waals surface area contributed by atoms with Crippen molar-refractivity contribution >= 4 is 89.1 Å². The van der Waals surface area contributed by atoms with E-state index in [0.717, 1.165) is 23.5 Å². The van der Waals surface area contributed by atoms with Crippen molar-refractivity contribution in [3.63, 3.8) is 0 Å². The molecule has 35 heavy (non-hydrogen) atoms.